The number of aromatic nitrogens is 3. The number of nitrogens with zero attached hydrogens (tertiary/aromatic N) is 3. The molecule has 0 bridgehead atoms. The van der Waals surface area contributed by atoms with E-state index in [0.29, 0.717) is 29.0 Å². The van der Waals surface area contributed by atoms with Crippen molar-refractivity contribution in [2.75, 3.05) is 11.1 Å². The number of anilines is 1. The van der Waals surface area contributed by atoms with Gasteiger partial charge in [0, 0.05) is 17.8 Å². The van der Waals surface area contributed by atoms with E-state index in [4.69, 9.17) is 0 Å². The Hall–Kier alpha value is -3.13. The number of thioether (sulfide) groups is 1. The van der Waals surface area contributed by atoms with Gasteiger partial charge in [-0.1, -0.05) is 55.4 Å². The maximum Gasteiger partial charge on any atom is 0.251 e. The quantitative estimate of drug-likeness (QED) is 0.471. The zero-order chi connectivity index (χ0) is 23.1. The van der Waals surface area contributed by atoms with Crippen molar-refractivity contribution >= 4 is 29.3 Å². The molecule has 0 unspecified atom stereocenters. The SMILES string of the molecule is CCn1c(CNC(=O)c2cccc(C)c2)nnc1SCC(=O)Nc1ccc(C(C)C)cc1. The zero-order valence-electron chi connectivity index (χ0n) is 18.9. The molecule has 0 fully saturated rings. The third-order valence-electron chi connectivity index (χ3n) is 4.99. The van der Waals surface area contributed by atoms with Crippen molar-refractivity contribution < 1.29 is 9.59 Å². The second-order valence-electron chi connectivity index (χ2n) is 7.81. The number of carbonyl (C=O) groups excluding carboxylic acids is 2. The molecule has 32 heavy (non-hydrogen) atoms. The highest BCUT2D eigenvalue weighted by molar-refractivity contribution is 7.99. The first kappa shape index (κ1) is 23.5. The number of aryl methyl sites for hydroxylation is 1. The lowest BCUT2D eigenvalue weighted by atomic mass is 10.0. The third kappa shape index (κ3) is 6.20. The van der Waals surface area contributed by atoms with Crippen molar-refractivity contribution in [1.29, 1.82) is 0 Å². The Morgan fingerprint density at radius 3 is 2.50 bits per heavy atom. The highest BCUT2D eigenvalue weighted by Crippen LogP contribution is 2.20. The van der Waals surface area contributed by atoms with Crippen LogP contribution in [0, 0.1) is 6.92 Å². The van der Waals surface area contributed by atoms with Crippen LogP contribution in [0.4, 0.5) is 5.69 Å². The topological polar surface area (TPSA) is 88.9 Å². The normalized spacial score (nSPS) is 10.9. The first-order valence-electron chi connectivity index (χ1n) is 10.7. The van der Waals surface area contributed by atoms with Crippen LogP contribution in [-0.2, 0) is 17.9 Å². The lowest BCUT2D eigenvalue weighted by molar-refractivity contribution is -0.113. The Bertz CT molecular complexity index is 1080. The van der Waals surface area contributed by atoms with Crippen molar-refractivity contribution in [3.8, 4) is 0 Å². The molecule has 3 rings (SSSR count). The monoisotopic (exact) mass is 451 g/mol. The number of amides is 2. The zero-order valence-corrected chi connectivity index (χ0v) is 19.7. The highest BCUT2D eigenvalue weighted by atomic mass is 32.2. The van der Waals surface area contributed by atoms with Gasteiger partial charge in [0.15, 0.2) is 11.0 Å². The summed E-state index contributed by atoms with van der Waals surface area (Å²) < 4.78 is 1.91. The summed E-state index contributed by atoms with van der Waals surface area (Å²) in [6.07, 6.45) is 0. The third-order valence-corrected chi connectivity index (χ3v) is 5.96. The van der Waals surface area contributed by atoms with Crippen LogP contribution in [0.5, 0.6) is 0 Å². The number of benzene rings is 2. The smallest absolute Gasteiger partial charge is 0.251 e. The summed E-state index contributed by atoms with van der Waals surface area (Å²) in [4.78, 5) is 24.8. The van der Waals surface area contributed by atoms with Gasteiger partial charge in [0.1, 0.15) is 0 Å². The van der Waals surface area contributed by atoms with Crippen LogP contribution in [-0.4, -0.2) is 32.3 Å². The number of hydrogen-bond donors (Lipinski definition) is 2. The molecular formula is C24H29N5O2S. The lowest BCUT2D eigenvalue weighted by Crippen LogP contribution is -2.25. The van der Waals surface area contributed by atoms with E-state index in [2.05, 4.69) is 34.7 Å². The Balaban J connectivity index is 1.55. The van der Waals surface area contributed by atoms with Crippen molar-refractivity contribution in [3.63, 3.8) is 0 Å². The van der Waals surface area contributed by atoms with Gasteiger partial charge in [0.2, 0.25) is 5.91 Å². The van der Waals surface area contributed by atoms with Crippen LogP contribution >= 0.6 is 11.8 Å². The molecule has 0 spiro atoms. The van der Waals surface area contributed by atoms with E-state index in [1.54, 1.807) is 6.07 Å². The minimum absolute atomic E-state index is 0.104. The molecule has 7 nitrogen and oxygen atoms in total. The van der Waals surface area contributed by atoms with Crippen molar-refractivity contribution in [2.24, 2.45) is 0 Å². The van der Waals surface area contributed by atoms with Crippen LogP contribution in [0.3, 0.4) is 0 Å². The predicted molar refractivity (Wildman–Crippen MR) is 128 cm³/mol. The van der Waals surface area contributed by atoms with Crippen molar-refractivity contribution in [1.82, 2.24) is 20.1 Å². The number of nitrogens with one attached hydrogen (secondary N) is 2. The van der Waals surface area contributed by atoms with Gasteiger partial charge in [-0.05, 0) is 49.6 Å². The molecule has 1 aromatic heterocycles. The predicted octanol–water partition coefficient (Wildman–Crippen LogP) is 4.39. The first-order valence-corrected chi connectivity index (χ1v) is 11.7. The largest absolute Gasteiger partial charge is 0.345 e. The maximum absolute atomic E-state index is 12.4. The van der Waals surface area contributed by atoms with Gasteiger partial charge in [-0.15, -0.1) is 10.2 Å². The molecule has 2 aromatic carbocycles. The molecule has 0 aliphatic heterocycles. The van der Waals surface area contributed by atoms with Gasteiger partial charge in [-0.2, -0.15) is 0 Å². The van der Waals surface area contributed by atoms with Crippen LogP contribution < -0.4 is 10.6 Å². The molecule has 0 aliphatic rings. The Kier molecular flexibility index (Phi) is 8.05. The molecule has 8 heteroatoms. The fourth-order valence-electron chi connectivity index (χ4n) is 3.20. The van der Waals surface area contributed by atoms with E-state index < -0.39 is 0 Å². The average molecular weight is 452 g/mol. The molecule has 1 heterocycles. The summed E-state index contributed by atoms with van der Waals surface area (Å²) in [7, 11) is 0. The van der Waals surface area contributed by atoms with E-state index in [9.17, 15) is 9.59 Å². The van der Waals surface area contributed by atoms with Crippen LogP contribution in [0.25, 0.3) is 0 Å². The summed E-state index contributed by atoms with van der Waals surface area (Å²) in [6.45, 7) is 9.11. The molecule has 168 valence electrons. The van der Waals surface area contributed by atoms with E-state index in [1.807, 2.05) is 60.9 Å². The van der Waals surface area contributed by atoms with Crippen molar-refractivity contribution in [2.45, 2.75) is 51.9 Å². The molecule has 0 atom stereocenters. The van der Waals surface area contributed by atoms with E-state index in [0.717, 1.165) is 11.3 Å². The second kappa shape index (κ2) is 10.9. The lowest BCUT2D eigenvalue weighted by Gasteiger charge is -2.10. The Morgan fingerprint density at radius 2 is 1.84 bits per heavy atom. The molecule has 2 amide bonds. The Labute approximate surface area is 193 Å². The fourth-order valence-corrected chi connectivity index (χ4v) is 4.02. The van der Waals surface area contributed by atoms with Gasteiger partial charge in [0.05, 0.1) is 12.3 Å². The summed E-state index contributed by atoms with van der Waals surface area (Å²) in [6, 6.07) is 15.3. The second-order valence-corrected chi connectivity index (χ2v) is 8.75. The standard InChI is InChI=1S/C24H29N5O2S/c1-5-29-21(14-25-23(31)19-8-6-7-17(4)13-19)27-28-24(29)32-15-22(30)26-20-11-9-18(10-12-20)16(2)3/h6-13,16H,5,14-15H2,1-4H3,(H,25,31)(H,26,30). The summed E-state index contributed by atoms with van der Waals surface area (Å²) in [5.74, 6) is 1.07. The van der Waals surface area contributed by atoms with E-state index >= 15 is 0 Å². The molecule has 0 saturated carbocycles. The van der Waals surface area contributed by atoms with Crippen LogP contribution in [0.15, 0.2) is 53.7 Å². The minimum Gasteiger partial charge on any atom is -0.345 e. The van der Waals surface area contributed by atoms with Gasteiger partial charge < -0.3 is 15.2 Å². The maximum atomic E-state index is 12.4. The number of hydrogen-bond acceptors (Lipinski definition) is 5. The average Bonchev–Trinajstić information content (AvgIpc) is 3.18. The van der Waals surface area contributed by atoms with Gasteiger partial charge in [0.25, 0.3) is 5.91 Å². The summed E-state index contributed by atoms with van der Waals surface area (Å²) in [5, 5.41) is 14.9. The molecule has 0 saturated heterocycles. The van der Waals surface area contributed by atoms with Gasteiger partial charge in [-0.3, -0.25) is 9.59 Å². The number of carbonyl (C=O) groups is 2. The van der Waals surface area contributed by atoms with Crippen molar-refractivity contribution in [3.05, 3.63) is 71.0 Å². The van der Waals surface area contributed by atoms with Gasteiger partial charge >= 0.3 is 0 Å². The molecular weight excluding hydrogens is 422 g/mol. The van der Waals surface area contributed by atoms with E-state index in [1.165, 1.54) is 17.3 Å². The molecule has 0 aliphatic carbocycles. The summed E-state index contributed by atoms with van der Waals surface area (Å²) in [5.41, 5.74) is 3.65. The minimum atomic E-state index is -0.156. The fraction of sp³-hybridized carbons (Fsp3) is 0.333. The molecule has 0 radical (unpaired) electrons. The van der Waals surface area contributed by atoms with Crippen LogP contribution in [0.2, 0.25) is 0 Å². The van der Waals surface area contributed by atoms with Gasteiger partial charge in [-0.25, -0.2) is 0 Å². The number of rotatable bonds is 9. The highest BCUT2D eigenvalue weighted by Gasteiger charge is 2.15. The first-order chi connectivity index (χ1) is 15.4. The van der Waals surface area contributed by atoms with E-state index in [-0.39, 0.29) is 24.1 Å². The van der Waals surface area contributed by atoms with Crippen LogP contribution in [0.1, 0.15) is 54.0 Å². The summed E-state index contributed by atoms with van der Waals surface area (Å²) >= 11 is 1.33. The molecule has 2 N–H and O–H groups in total. The Morgan fingerprint density at radius 1 is 1.09 bits per heavy atom. The molecule has 3 aromatic rings.